The van der Waals surface area contributed by atoms with Gasteiger partial charge in [-0.05, 0) is 34.1 Å². The predicted octanol–water partition coefficient (Wildman–Crippen LogP) is 4.89. The van der Waals surface area contributed by atoms with Gasteiger partial charge in [-0.3, -0.25) is 0 Å². The Labute approximate surface area is 114 Å². The summed E-state index contributed by atoms with van der Waals surface area (Å²) in [6.45, 7) is 4.26. The van der Waals surface area contributed by atoms with Crippen molar-refractivity contribution in [3.63, 3.8) is 0 Å². The van der Waals surface area contributed by atoms with Crippen molar-refractivity contribution in [3.8, 4) is 5.75 Å². The molecule has 0 bridgehead atoms. The minimum absolute atomic E-state index is 0.0284. The van der Waals surface area contributed by atoms with E-state index < -0.39 is 0 Å². The summed E-state index contributed by atoms with van der Waals surface area (Å²) in [5.74, 6) is 0.825. The molecule has 1 aromatic carbocycles. The first-order valence-electron chi connectivity index (χ1n) is 5.17. The van der Waals surface area contributed by atoms with E-state index in [4.69, 9.17) is 27.9 Å². The highest BCUT2D eigenvalue weighted by atomic mass is 79.9. The van der Waals surface area contributed by atoms with Crippen molar-refractivity contribution in [3.05, 3.63) is 27.7 Å². The monoisotopic (exact) mass is 322 g/mol. The number of hydrogen-bond acceptors (Lipinski definition) is 1. The van der Waals surface area contributed by atoms with Crippen LogP contribution < -0.4 is 4.74 Å². The van der Waals surface area contributed by atoms with Crippen molar-refractivity contribution >= 4 is 39.1 Å². The smallest absolute Gasteiger partial charge is 0.134 e. The highest BCUT2D eigenvalue weighted by Crippen LogP contribution is 2.47. The van der Waals surface area contributed by atoms with Crippen LogP contribution in [-0.2, 0) is 0 Å². The lowest BCUT2D eigenvalue weighted by Crippen LogP contribution is -2.53. The lowest BCUT2D eigenvalue weighted by molar-refractivity contribution is -0.0135. The quantitative estimate of drug-likeness (QED) is 0.704. The maximum Gasteiger partial charge on any atom is 0.134 e. The van der Waals surface area contributed by atoms with Crippen LogP contribution in [0, 0.1) is 5.41 Å². The van der Waals surface area contributed by atoms with E-state index in [1.807, 2.05) is 18.2 Å². The number of hydrogen-bond donors (Lipinski definition) is 0. The fraction of sp³-hybridized carbons (Fsp3) is 0.500. The average Bonchev–Trinajstić information content (AvgIpc) is 2.21. The second-order valence-electron chi connectivity index (χ2n) is 4.71. The van der Waals surface area contributed by atoms with Crippen LogP contribution >= 0.6 is 39.1 Å². The summed E-state index contributed by atoms with van der Waals surface area (Å²) >= 11 is 15.5. The highest BCUT2D eigenvalue weighted by molar-refractivity contribution is 9.10. The van der Waals surface area contributed by atoms with Crippen molar-refractivity contribution < 1.29 is 4.74 Å². The van der Waals surface area contributed by atoms with Gasteiger partial charge < -0.3 is 4.74 Å². The van der Waals surface area contributed by atoms with Crippen LogP contribution in [0.5, 0.6) is 5.75 Å². The number of halogens is 3. The zero-order chi connectivity index (χ0) is 11.9. The molecule has 0 radical (unpaired) electrons. The first kappa shape index (κ1) is 12.5. The largest absolute Gasteiger partial charge is 0.489 e. The molecule has 0 amide bonds. The average molecular weight is 324 g/mol. The molecule has 0 aromatic heterocycles. The maximum atomic E-state index is 6.15. The lowest BCUT2D eigenvalue weighted by Gasteiger charge is -2.48. The van der Waals surface area contributed by atoms with Crippen LogP contribution in [-0.4, -0.2) is 11.5 Å². The summed E-state index contributed by atoms with van der Waals surface area (Å²) in [6, 6.07) is 5.54. The molecule has 4 heteroatoms. The Kier molecular flexibility index (Phi) is 3.44. The Balaban J connectivity index is 2.11. The molecule has 1 aliphatic carbocycles. The van der Waals surface area contributed by atoms with Crippen LogP contribution in [0.2, 0.25) is 5.02 Å². The van der Waals surface area contributed by atoms with Gasteiger partial charge in [-0.1, -0.05) is 25.4 Å². The fourth-order valence-electron chi connectivity index (χ4n) is 1.76. The van der Waals surface area contributed by atoms with E-state index in [0.29, 0.717) is 5.02 Å². The van der Waals surface area contributed by atoms with Crippen molar-refractivity contribution in [2.24, 2.45) is 5.41 Å². The highest BCUT2D eigenvalue weighted by Gasteiger charge is 2.49. The second-order valence-corrected chi connectivity index (χ2v) is 6.52. The van der Waals surface area contributed by atoms with Crippen molar-refractivity contribution in [2.75, 3.05) is 0 Å². The van der Waals surface area contributed by atoms with Gasteiger partial charge in [0.15, 0.2) is 0 Å². The van der Waals surface area contributed by atoms with Crippen LogP contribution in [0.15, 0.2) is 22.7 Å². The van der Waals surface area contributed by atoms with Gasteiger partial charge in [0.2, 0.25) is 0 Å². The molecule has 2 atom stereocenters. The van der Waals surface area contributed by atoms with Crippen LogP contribution in [0.1, 0.15) is 20.3 Å². The zero-order valence-electron chi connectivity index (χ0n) is 9.14. The number of ether oxygens (including phenoxy) is 1. The van der Waals surface area contributed by atoms with Crippen LogP contribution in [0.3, 0.4) is 0 Å². The van der Waals surface area contributed by atoms with Gasteiger partial charge in [-0.2, -0.15) is 0 Å². The van der Waals surface area contributed by atoms with E-state index >= 15 is 0 Å². The Morgan fingerprint density at radius 2 is 2.12 bits per heavy atom. The van der Waals surface area contributed by atoms with E-state index in [-0.39, 0.29) is 16.9 Å². The van der Waals surface area contributed by atoms with Gasteiger partial charge in [-0.25, -0.2) is 0 Å². The molecule has 0 heterocycles. The first-order valence-corrected chi connectivity index (χ1v) is 6.78. The summed E-state index contributed by atoms with van der Waals surface area (Å²) in [4.78, 5) is 0. The third-order valence-electron chi connectivity index (χ3n) is 3.22. The maximum absolute atomic E-state index is 6.15. The molecule has 2 unspecified atom stereocenters. The Morgan fingerprint density at radius 1 is 1.44 bits per heavy atom. The SMILES string of the molecule is CC1(C)C(Cl)CC1Oc1ccc(Cl)cc1Br. The third kappa shape index (κ3) is 2.20. The minimum Gasteiger partial charge on any atom is -0.489 e. The van der Waals surface area contributed by atoms with Gasteiger partial charge in [0, 0.05) is 22.2 Å². The van der Waals surface area contributed by atoms with E-state index in [9.17, 15) is 0 Å². The molecular weight excluding hydrogens is 311 g/mol. The predicted molar refractivity (Wildman–Crippen MR) is 71.6 cm³/mol. The van der Waals surface area contributed by atoms with Gasteiger partial charge in [0.1, 0.15) is 11.9 Å². The Hall–Kier alpha value is 0.0800. The number of alkyl halides is 1. The van der Waals surface area contributed by atoms with Gasteiger partial charge in [0.05, 0.1) is 4.47 Å². The van der Waals surface area contributed by atoms with Crippen molar-refractivity contribution in [1.82, 2.24) is 0 Å². The number of benzene rings is 1. The van der Waals surface area contributed by atoms with Crippen molar-refractivity contribution in [2.45, 2.75) is 31.7 Å². The van der Waals surface area contributed by atoms with Crippen LogP contribution in [0.25, 0.3) is 0 Å². The minimum atomic E-state index is 0.0284. The first-order chi connectivity index (χ1) is 7.41. The molecule has 0 saturated heterocycles. The molecule has 1 saturated carbocycles. The summed E-state index contributed by atoms with van der Waals surface area (Å²) in [5, 5.41) is 0.894. The van der Waals surface area contributed by atoms with Gasteiger partial charge >= 0.3 is 0 Å². The number of rotatable bonds is 2. The van der Waals surface area contributed by atoms with Crippen molar-refractivity contribution in [1.29, 1.82) is 0 Å². The molecular formula is C12H13BrCl2O. The standard InChI is InChI=1S/C12H13BrCl2O/c1-12(2)10(15)6-11(12)16-9-4-3-7(14)5-8(9)13/h3-5,10-11H,6H2,1-2H3. The lowest BCUT2D eigenvalue weighted by atomic mass is 9.68. The summed E-state index contributed by atoms with van der Waals surface area (Å²) in [7, 11) is 0. The molecule has 16 heavy (non-hydrogen) atoms. The Morgan fingerprint density at radius 3 is 2.62 bits per heavy atom. The molecule has 1 nitrogen and oxygen atoms in total. The topological polar surface area (TPSA) is 9.23 Å². The van der Waals surface area contributed by atoms with E-state index in [1.54, 1.807) is 0 Å². The summed E-state index contributed by atoms with van der Waals surface area (Å²) in [5.41, 5.74) is 0.0284. The molecule has 0 spiro atoms. The summed E-state index contributed by atoms with van der Waals surface area (Å²) < 4.78 is 6.81. The summed E-state index contributed by atoms with van der Waals surface area (Å²) in [6.07, 6.45) is 1.07. The zero-order valence-corrected chi connectivity index (χ0v) is 12.2. The third-order valence-corrected chi connectivity index (χ3v) is 4.82. The van der Waals surface area contributed by atoms with Crippen LogP contribution in [0.4, 0.5) is 0 Å². The van der Waals surface area contributed by atoms with E-state index in [1.165, 1.54) is 0 Å². The normalized spacial score (nSPS) is 27.3. The van der Waals surface area contributed by atoms with Gasteiger partial charge in [-0.15, -0.1) is 11.6 Å². The molecule has 0 aliphatic heterocycles. The molecule has 1 aromatic rings. The molecule has 1 fully saturated rings. The fourth-order valence-corrected chi connectivity index (χ4v) is 2.84. The van der Waals surface area contributed by atoms with E-state index in [0.717, 1.165) is 16.6 Å². The molecule has 0 N–H and O–H groups in total. The molecule has 88 valence electrons. The molecule has 2 rings (SSSR count). The Bertz CT molecular complexity index is 406. The van der Waals surface area contributed by atoms with E-state index in [2.05, 4.69) is 29.8 Å². The second kappa shape index (κ2) is 4.40. The van der Waals surface area contributed by atoms with Gasteiger partial charge in [0.25, 0.3) is 0 Å². The molecule has 1 aliphatic rings.